The molecule has 4 rings (SSSR count). The highest BCUT2D eigenvalue weighted by molar-refractivity contribution is 6.32. The number of carbonyl (C=O) groups excluding carboxylic acids is 2. The van der Waals surface area contributed by atoms with Gasteiger partial charge in [-0.05, 0) is 70.7 Å². The molecule has 1 unspecified atom stereocenters. The molecule has 3 aromatic rings. The van der Waals surface area contributed by atoms with Gasteiger partial charge in [0.1, 0.15) is 17.2 Å². The number of halogens is 1. The highest BCUT2D eigenvalue weighted by atomic mass is 35.5. The van der Waals surface area contributed by atoms with E-state index in [-0.39, 0.29) is 30.0 Å². The second-order valence-corrected chi connectivity index (χ2v) is 12.2. The number of rotatable bonds is 13. The summed E-state index contributed by atoms with van der Waals surface area (Å²) in [5.74, 6) is 0.513. The van der Waals surface area contributed by atoms with Crippen molar-refractivity contribution in [2.75, 3.05) is 13.1 Å². The number of nitrogens with two attached hydrogens (primary N) is 1. The second-order valence-electron chi connectivity index (χ2n) is 11.8. The Balaban J connectivity index is 1.52. The zero-order chi connectivity index (χ0) is 30.6. The van der Waals surface area contributed by atoms with E-state index in [1.165, 1.54) is 0 Å². The maximum absolute atomic E-state index is 13.3. The monoisotopic (exact) mass is 595 g/mol. The number of aliphatic hydroxyl groups is 1. The van der Waals surface area contributed by atoms with Crippen LogP contribution in [0.4, 0.5) is 0 Å². The van der Waals surface area contributed by atoms with E-state index < -0.39 is 5.60 Å². The van der Waals surface area contributed by atoms with Crippen LogP contribution in [0.5, 0.6) is 5.75 Å². The first-order chi connectivity index (χ1) is 19.8. The van der Waals surface area contributed by atoms with Crippen LogP contribution in [-0.2, 0) is 23.2 Å². The number of nitrogens with zero attached hydrogens (tertiary/aromatic N) is 2. The Morgan fingerprint density at radius 1 is 1.24 bits per heavy atom. The predicted molar refractivity (Wildman–Crippen MR) is 165 cm³/mol. The highest BCUT2D eigenvalue weighted by Crippen LogP contribution is 2.29. The van der Waals surface area contributed by atoms with Crippen LogP contribution in [0.1, 0.15) is 74.9 Å². The minimum atomic E-state index is -1.07. The highest BCUT2D eigenvalue weighted by Gasteiger charge is 2.32. The maximum Gasteiger partial charge on any atom is 0.251 e. The van der Waals surface area contributed by atoms with Gasteiger partial charge in [-0.15, -0.1) is 0 Å². The lowest BCUT2D eigenvalue weighted by atomic mass is 9.96. The van der Waals surface area contributed by atoms with Crippen LogP contribution >= 0.6 is 11.6 Å². The molecule has 1 saturated heterocycles. The minimum Gasteiger partial charge on any atom is -0.489 e. The van der Waals surface area contributed by atoms with Gasteiger partial charge in [0.15, 0.2) is 0 Å². The summed E-state index contributed by atoms with van der Waals surface area (Å²) in [6.07, 6.45) is 2.52. The molecule has 2 atom stereocenters. The van der Waals surface area contributed by atoms with Crippen LogP contribution in [0.25, 0.3) is 11.3 Å². The topological polar surface area (TPSA) is 134 Å². The molecule has 226 valence electrons. The van der Waals surface area contributed by atoms with E-state index in [1.54, 1.807) is 32.0 Å². The molecule has 1 aliphatic rings. The van der Waals surface area contributed by atoms with Crippen molar-refractivity contribution in [2.45, 2.75) is 84.1 Å². The zero-order valence-electron chi connectivity index (χ0n) is 25.0. The summed E-state index contributed by atoms with van der Waals surface area (Å²) >= 11 is 6.40. The van der Waals surface area contributed by atoms with E-state index in [0.29, 0.717) is 41.5 Å². The molecule has 1 fully saturated rings. The Hall–Kier alpha value is -3.40. The van der Waals surface area contributed by atoms with Crippen molar-refractivity contribution < 1.29 is 19.4 Å². The van der Waals surface area contributed by atoms with Gasteiger partial charge in [-0.1, -0.05) is 42.8 Å². The molecule has 2 aromatic carbocycles. The average molecular weight is 596 g/mol. The number of benzene rings is 2. The minimum absolute atomic E-state index is 0.0343. The molecule has 1 aromatic heterocycles. The molecular formula is C32H42ClN5O4. The van der Waals surface area contributed by atoms with Crippen molar-refractivity contribution in [2.24, 2.45) is 5.73 Å². The van der Waals surface area contributed by atoms with E-state index in [0.717, 1.165) is 41.9 Å². The first-order valence-electron chi connectivity index (χ1n) is 14.5. The van der Waals surface area contributed by atoms with Crippen molar-refractivity contribution in [3.63, 3.8) is 0 Å². The first-order valence-corrected chi connectivity index (χ1v) is 14.9. The summed E-state index contributed by atoms with van der Waals surface area (Å²) in [5.41, 5.74) is 8.62. The summed E-state index contributed by atoms with van der Waals surface area (Å²) in [6, 6.07) is 13.0. The Morgan fingerprint density at radius 2 is 1.95 bits per heavy atom. The van der Waals surface area contributed by atoms with Gasteiger partial charge in [-0.2, -0.15) is 0 Å². The van der Waals surface area contributed by atoms with Gasteiger partial charge in [0.2, 0.25) is 5.91 Å². The molecule has 0 saturated carbocycles. The van der Waals surface area contributed by atoms with E-state index in [9.17, 15) is 14.7 Å². The molecule has 9 nitrogen and oxygen atoms in total. The Morgan fingerprint density at radius 3 is 2.50 bits per heavy atom. The molecule has 5 N–H and O–H groups in total. The van der Waals surface area contributed by atoms with E-state index in [1.807, 2.05) is 45.0 Å². The molecule has 2 heterocycles. The van der Waals surface area contributed by atoms with Crippen LogP contribution in [0, 0.1) is 0 Å². The molecule has 1 aliphatic heterocycles. The first kappa shape index (κ1) is 31.5. The van der Waals surface area contributed by atoms with Crippen LogP contribution in [0.15, 0.2) is 42.5 Å². The number of aromatic nitrogens is 2. The fraction of sp³-hybridized carbons (Fsp3) is 0.469. The summed E-state index contributed by atoms with van der Waals surface area (Å²) < 4.78 is 5.71. The number of aromatic amines is 1. The predicted octanol–water partition coefficient (Wildman–Crippen LogP) is 4.60. The van der Waals surface area contributed by atoms with Gasteiger partial charge >= 0.3 is 0 Å². The molecular weight excluding hydrogens is 554 g/mol. The molecule has 42 heavy (non-hydrogen) atoms. The van der Waals surface area contributed by atoms with Crippen molar-refractivity contribution in [1.82, 2.24) is 20.2 Å². The maximum atomic E-state index is 13.3. The van der Waals surface area contributed by atoms with Gasteiger partial charge in [0, 0.05) is 48.4 Å². The third-order valence-electron chi connectivity index (χ3n) is 7.47. The van der Waals surface area contributed by atoms with Gasteiger partial charge in [0.05, 0.1) is 16.8 Å². The molecule has 0 radical (unpaired) electrons. The van der Waals surface area contributed by atoms with Gasteiger partial charge in [0.25, 0.3) is 5.91 Å². The summed E-state index contributed by atoms with van der Waals surface area (Å²) in [6.45, 7) is 10.7. The third kappa shape index (κ3) is 7.91. The number of primary amides is 1. The molecule has 0 spiro atoms. The summed E-state index contributed by atoms with van der Waals surface area (Å²) in [7, 11) is 0. The van der Waals surface area contributed by atoms with Crippen LogP contribution < -0.4 is 15.8 Å². The van der Waals surface area contributed by atoms with Gasteiger partial charge < -0.3 is 25.9 Å². The zero-order valence-corrected chi connectivity index (χ0v) is 25.8. The third-order valence-corrected chi connectivity index (χ3v) is 7.77. The lowest BCUT2D eigenvalue weighted by molar-refractivity contribution is -0.120. The number of imidazole rings is 1. The lowest BCUT2D eigenvalue weighted by Crippen LogP contribution is -2.55. The Labute approximate surface area is 252 Å². The lowest BCUT2D eigenvalue weighted by Gasteiger charge is -2.42. The summed E-state index contributed by atoms with van der Waals surface area (Å²) in [5, 5.41) is 14.0. The average Bonchev–Trinajstić information content (AvgIpc) is 3.36. The number of hydrogen-bond acceptors (Lipinski definition) is 6. The Bertz CT molecular complexity index is 1400. The largest absolute Gasteiger partial charge is 0.489 e. The molecule has 0 bridgehead atoms. The second kappa shape index (κ2) is 13.3. The number of carbonyl (C=O) groups is 2. The number of nitrogens with one attached hydrogen (secondary N) is 2. The molecule has 0 aliphatic carbocycles. The summed E-state index contributed by atoms with van der Waals surface area (Å²) in [4.78, 5) is 35.0. The standard InChI is InChI=1S/C32H42ClN5O4/c1-6-26-29(37-31(36-26)32(4,5)41)21-9-7-20(8-10-21)15-23(18-38-14-13-24(38)17-28(34)39)35-30(40)22-11-12-27(25(33)16-22)42-19(2)3/h7-12,16,19,23-24,41H,6,13-15,17-18H2,1-5H3,(H2,34,39)(H,35,40)(H,36,37)/t23-,24?/m0/s1. The number of likely N-dealkylation sites (tertiary alicyclic amines) is 1. The van der Waals surface area contributed by atoms with Gasteiger partial charge in [-0.3, -0.25) is 14.5 Å². The SMILES string of the molecule is CCc1[nH]c(C(C)(C)O)nc1-c1ccc(C[C@@H](CN2CCC2CC(N)=O)NC(=O)c2ccc(OC(C)C)c(Cl)c2)cc1. The molecule has 2 amide bonds. The normalized spacial score (nSPS) is 16.2. The molecule has 10 heteroatoms. The van der Waals surface area contributed by atoms with Crippen LogP contribution in [0.2, 0.25) is 5.02 Å². The number of amides is 2. The smallest absolute Gasteiger partial charge is 0.251 e. The number of ether oxygens (including phenoxy) is 1. The number of H-pyrrole nitrogens is 1. The quantitative estimate of drug-likeness (QED) is 0.228. The van der Waals surface area contributed by atoms with Crippen LogP contribution in [-0.4, -0.2) is 63.1 Å². The number of hydrogen-bond donors (Lipinski definition) is 4. The van der Waals surface area contributed by atoms with Crippen molar-refractivity contribution in [3.8, 4) is 17.0 Å². The van der Waals surface area contributed by atoms with E-state index >= 15 is 0 Å². The van der Waals surface area contributed by atoms with Gasteiger partial charge in [-0.25, -0.2) is 4.98 Å². The van der Waals surface area contributed by atoms with Crippen molar-refractivity contribution >= 4 is 23.4 Å². The van der Waals surface area contributed by atoms with E-state index in [2.05, 4.69) is 20.2 Å². The van der Waals surface area contributed by atoms with E-state index in [4.69, 9.17) is 22.1 Å². The fourth-order valence-corrected chi connectivity index (χ4v) is 5.40. The fourth-order valence-electron chi connectivity index (χ4n) is 5.18. The number of aryl methyl sites for hydroxylation is 1. The van der Waals surface area contributed by atoms with Crippen molar-refractivity contribution in [3.05, 3.63) is 70.1 Å². The Kier molecular flexibility index (Phi) is 9.97. The van der Waals surface area contributed by atoms with Crippen molar-refractivity contribution in [1.29, 1.82) is 0 Å². The van der Waals surface area contributed by atoms with Crippen LogP contribution in [0.3, 0.4) is 0 Å².